The van der Waals surface area contributed by atoms with Crippen molar-refractivity contribution in [3.05, 3.63) is 41.3 Å². The van der Waals surface area contributed by atoms with Crippen LogP contribution in [0.5, 0.6) is 5.75 Å². The van der Waals surface area contributed by atoms with E-state index in [1.165, 1.54) is 12.4 Å². The molecule has 3 aromatic rings. The van der Waals surface area contributed by atoms with Crippen LogP contribution in [0.3, 0.4) is 0 Å². The van der Waals surface area contributed by atoms with E-state index >= 15 is 0 Å². The first-order chi connectivity index (χ1) is 21.7. The van der Waals surface area contributed by atoms with Gasteiger partial charge in [0.2, 0.25) is 0 Å². The van der Waals surface area contributed by atoms with Gasteiger partial charge in [0.05, 0.1) is 23.3 Å². The van der Waals surface area contributed by atoms with Gasteiger partial charge in [-0.1, -0.05) is 19.6 Å². The van der Waals surface area contributed by atoms with Crippen LogP contribution in [0.4, 0.5) is 18.0 Å². The molecule has 2 aliphatic carbocycles. The zero-order valence-corrected chi connectivity index (χ0v) is 27.7. The fourth-order valence-electron chi connectivity index (χ4n) is 5.78. The lowest BCUT2D eigenvalue weighted by Gasteiger charge is -2.28. The molecule has 2 amide bonds. The van der Waals surface area contributed by atoms with E-state index in [9.17, 15) is 22.8 Å². The van der Waals surface area contributed by atoms with E-state index in [2.05, 4.69) is 40.2 Å². The zero-order chi connectivity index (χ0) is 33.2. The molecule has 2 fully saturated rings. The quantitative estimate of drug-likeness (QED) is 0.143. The summed E-state index contributed by atoms with van der Waals surface area (Å²) < 4.78 is 55.7. The molecular formula is C32H42F3N5O5Si. The van der Waals surface area contributed by atoms with E-state index < -0.39 is 25.9 Å². The molecule has 0 atom stereocenters. The number of carboxylic acid groups (broad SMARTS) is 1. The number of halogens is 3. The van der Waals surface area contributed by atoms with Crippen LogP contribution in [0, 0.1) is 12.8 Å². The molecule has 14 heteroatoms. The molecule has 2 saturated carbocycles. The minimum atomic E-state index is -4.59. The molecule has 0 unspecified atom stereocenters. The normalized spacial score (nSPS) is 18.8. The van der Waals surface area contributed by atoms with Gasteiger partial charge in [-0.15, -0.1) is 0 Å². The zero-order valence-electron chi connectivity index (χ0n) is 26.7. The van der Waals surface area contributed by atoms with Crippen LogP contribution in [0.15, 0.2) is 24.5 Å². The topological polar surface area (TPSA) is 128 Å². The summed E-state index contributed by atoms with van der Waals surface area (Å²) in [6.45, 7) is 9.43. The summed E-state index contributed by atoms with van der Waals surface area (Å²) >= 11 is 0. The first-order valence-electron chi connectivity index (χ1n) is 15.8. The monoisotopic (exact) mass is 661 g/mol. The highest BCUT2D eigenvalue weighted by molar-refractivity contribution is 6.76. The molecule has 1 aromatic carbocycles. The van der Waals surface area contributed by atoms with Crippen molar-refractivity contribution in [1.82, 2.24) is 25.2 Å². The smallest absolute Gasteiger partial charge is 0.416 e. The number of ether oxygens (including phenoxy) is 2. The van der Waals surface area contributed by atoms with E-state index in [0.29, 0.717) is 67.1 Å². The minimum absolute atomic E-state index is 0.0592. The highest BCUT2D eigenvalue weighted by Crippen LogP contribution is 2.41. The van der Waals surface area contributed by atoms with Gasteiger partial charge in [0.15, 0.2) is 0 Å². The van der Waals surface area contributed by atoms with Crippen molar-refractivity contribution in [2.75, 3.05) is 13.2 Å². The Balaban J connectivity index is 1.54. The lowest BCUT2D eigenvalue weighted by atomic mass is 9.91. The van der Waals surface area contributed by atoms with Gasteiger partial charge in [0.1, 0.15) is 30.0 Å². The average Bonchev–Trinajstić information content (AvgIpc) is 3.76. The largest absolute Gasteiger partial charge is 0.493 e. The molecule has 46 heavy (non-hydrogen) atoms. The number of aromatic nitrogens is 3. The Kier molecular flexibility index (Phi) is 9.97. The van der Waals surface area contributed by atoms with E-state index in [-0.39, 0.29) is 41.7 Å². The molecule has 0 radical (unpaired) electrons. The van der Waals surface area contributed by atoms with Crippen molar-refractivity contribution >= 4 is 31.1 Å². The summed E-state index contributed by atoms with van der Waals surface area (Å²) in [7, 11) is -1.41. The second-order valence-electron chi connectivity index (χ2n) is 13.6. The number of fused-ring (bicyclic) bond motifs is 1. The van der Waals surface area contributed by atoms with Crippen molar-refractivity contribution in [2.24, 2.45) is 5.92 Å². The number of nitrogens with one attached hydrogen (secondary N) is 2. The SMILES string of the molecule is Cc1c(C(=O)NC2CCC(NC(=O)O)CC2)c2ncnc(-c3cc(C(F)(F)F)ccc3OCC3CC3)c2n1COCC[Si](C)(C)C. The Morgan fingerprint density at radius 1 is 1.04 bits per heavy atom. The van der Waals surface area contributed by atoms with Gasteiger partial charge < -0.3 is 29.8 Å². The highest BCUT2D eigenvalue weighted by Gasteiger charge is 2.34. The lowest BCUT2D eigenvalue weighted by Crippen LogP contribution is -2.43. The molecule has 2 aromatic heterocycles. The number of alkyl halides is 3. The van der Waals surface area contributed by atoms with Crippen LogP contribution in [0.25, 0.3) is 22.3 Å². The Bertz CT molecular complexity index is 1580. The Morgan fingerprint density at radius 3 is 2.33 bits per heavy atom. The third-order valence-electron chi connectivity index (χ3n) is 8.66. The van der Waals surface area contributed by atoms with Crippen LogP contribution in [-0.4, -0.2) is 65.0 Å². The van der Waals surface area contributed by atoms with Gasteiger partial charge >= 0.3 is 12.3 Å². The predicted molar refractivity (Wildman–Crippen MR) is 170 cm³/mol. The summed E-state index contributed by atoms with van der Waals surface area (Å²) in [5, 5.41) is 14.6. The molecular weight excluding hydrogens is 619 g/mol. The molecule has 250 valence electrons. The van der Waals surface area contributed by atoms with Crippen LogP contribution >= 0.6 is 0 Å². The van der Waals surface area contributed by atoms with Gasteiger partial charge in [-0.05, 0) is 75.6 Å². The molecule has 10 nitrogen and oxygen atoms in total. The van der Waals surface area contributed by atoms with Gasteiger partial charge in [-0.2, -0.15) is 13.2 Å². The van der Waals surface area contributed by atoms with Crippen molar-refractivity contribution in [1.29, 1.82) is 0 Å². The number of hydrogen-bond donors (Lipinski definition) is 3. The maximum atomic E-state index is 13.9. The third kappa shape index (κ3) is 8.19. The number of rotatable bonds is 12. The van der Waals surface area contributed by atoms with Crippen molar-refractivity contribution in [2.45, 2.75) is 96.1 Å². The Labute approximate surface area is 267 Å². The van der Waals surface area contributed by atoms with Gasteiger partial charge in [0, 0.05) is 38.0 Å². The van der Waals surface area contributed by atoms with Gasteiger partial charge in [0.25, 0.3) is 5.91 Å². The number of nitrogens with zero attached hydrogens (tertiary/aromatic N) is 3. The molecule has 5 rings (SSSR count). The second-order valence-corrected chi connectivity index (χ2v) is 19.2. The molecule has 2 heterocycles. The van der Waals surface area contributed by atoms with Crippen LogP contribution in [0.2, 0.25) is 25.7 Å². The first kappa shape index (κ1) is 33.7. The Morgan fingerprint density at radius 2 is 1.72 bits per heavy atom. The first-order valence-corrected chi connectivity index (χ1v) is 19.5. The summed E-state index contributed by atoms with van der Waals surface area (Å²) in [5.41, 5.74) is 1.10. The molecule has 0 aliphatic heterocycles. The maximum absolute atomic E-state index is 13.9. The predicted octanol–water partition coefficient (Wildman–Crippen LogP) is 6.84. The summed E-state index contributed by atoms with van der Waals surface area (Å²) in [4.78, 5) is 33.9. The number of hydrogen-bond acceptors (Lipinski definition) is 6. The van der Waals surface area contributed by atoms with E-state index in [4.69, 9.17) is 14.6 Å². The average molecular weight is 662 g/mol. The van der Waals surface area contributed by atoms with E-state index in [0.717, 1.165) is 31.0 Å². The maximum Gasteiger partial charge on any atom is 0.416 e. The van der Waals surface area contributed by atoms with Crippen LogP contribution < -0.4 is 15.4 Å². The lowest BCUT2D eigenvalue weighted by molar-refractivity contribution is -0.137. The minimum Gasteiger partial charge on any atom is -0.493 e. The standard InChI is InChI=1S/C32H42F3N5O5Si/c1-19-26(30(41)38-22-8-10-23(11-9-22)39-31(42)43)28-29(40(19)18-44-13-14-46(2,3)4)27(36-17-37-28)24-15-21(32(33,34)35)7-12-25(24)45-16-20-5-6-20/h7,12,15,17,20,22-23,39H,5-6,8-11,13-14,16,18H2,1-4H3,(H,38,41)(H,42,43). The van der Waals surface area contributed by atoms with Crippen molar-refractivity contribution in [3.63, 3.8) is 0 Å². The molecule has 3 N–H and O–H groups in total. The third-order valence-corrected chi connectivity index (χ3v) is 10.4. The Hall–Kier alpha value is -3.65. The van der Waals surface area contributed by atoms with Crippen LogP contribution in [0.1, 0.15) is 60.1 Å². The van der Waals surface area contributed by atoms with Crippen molar-refractivity contribution in [3.8, 4) is 17.0 Å². The highest BCUT2D eigenvalue weighted by atomic mass is 28.3. The van der Waals surface area contributed by atoms with E-state index in [1.807, 2.05) is 0 Å². The van der Waals surface area contributed by atoms with Crippen LogP contribution in [-0.2, 0) is 17.6 Å². The fraction of sp³-hybridized carbons (Fsp3) is 0.562. The number of benzene rings is 1. The van der Waals surface area contributed by atoms with Crippen molar-refractivity contribution < 1.29 is 37.3 Å². The summed E-state index contributed by atoms with van der Waals surface area (Å²) in [6, 6.07) is 3.97. The molecule has 0 spiro atoms. The fourth-order valence-corrected chi connectivity index (χ4v) is 6.54. The summed E-state index contributed by atoms with van der Waals surface area (Å²) in [5.74, 6) is 0.288. The molecule has 0 saturated heterocycles. The summed E-state index contributed by atoms with van der Waals surface area (Å²) in [6.07, 6.45) is 0.0150. The number of carbonyl (C=O) groups is 2. The van der Waals surface area contributed by atoms with Gasteiger partial charge in [-0.25, -0.2) is 14.8 Å². The second kappa shape index (κ2) is 13.6. The number of amides is 2. The molecule has 0 bridgehead atoms. The van der Waals surface area contributed by atoms with Gasteiger partial charge in [-0.3, -0.25) is 4.79 Å². The molecule has 2 aliphatic rings. The van der Waals surface area contributed by atoms with E-state index in [1.54, 1.807) is 11.5 Å². The number of carbonyl (C=O) groups excluding carboxylic acids is 1.